The van der Waals surface area contributed by atoms with Crippen LogP contribution in [-0.4, -0.2) is 78.0 Å². The third-order valence-electron chi connectivity index (χ3n) is 6.07. The zero-order valence-corrected chi connectivity index (χ0v) is 17.4. The van der Waals surface area contributed by atoms with Gasteiger partial charge < -0.3 is 14.7 Å². The molecule has 0 N–H and O–H groups in total. The lowest BCUT2D eigenvalue weighted by Crippen LogP contribution is -2.48. The second-order valence-corrected chi connectivity index (χ2v) is 8.05. The second kappa shape index (κ2) is 8.78. The van der Waals surface area contributed by atoms with E-state index in [4.69, 9.17) is 0 Å². The summed E-state index contributed by atoms with van der Waals surface area (Å²) in [4.78, 5) is 29.8. The van der Waals surface area contributed by atoms with E-state index in [0.29, 0.717) is 12.6 Å². The third-order valence-corrected chi connectivity index (χ3v) is 6.07. The molecule has 2 aromatic rings. The summed E-state index contributed by atoms with van der Waals surface area (Å²) in [6.45, 7) is 8.13. The summed E-state index contributed by atoms with van der Waals surface area (Å²) in [5.41, 5.74) is 1.36. The average Bonchev–Trinajstić information content (AvgIpc) is 2.93. The minimum atomic E-state index is 0.136. The van der Waals surface area contributed by atoms with Gasteiger partial charge in [0.2, 0.25) is 5.91 Å². The van der Waals surface area contributed by atoms with E-state index in [9.17, 15) is 4.79 Å². The summed E-state index contributed by atoms with van der Waals surface area (Å²) in [7, 11) is 1.85. The molecule has 0 bridgehead atoms. The summed E-state index contributed by atoms with van der Waals surface area (Å²) in [5, 5.41) is 0. The molecule has 154 valence electrons. The zero-order chi connectivity index (χ0) is 20.2. The maximum atomic E-state index is 12.1. The molecule has 29 heavy (non-hydrogen) atoms. The van der Waals surface area contributed by atoms with Gasteiger partial charge in [0.05, 0.1) is 6.54 Å². The van der Waals surface area contributed by atoms with Gasteiger partial charge in [-0.1, -0.05) is 30.3 Å². The molecule has 2 aliphatic rings. The van der Waals surface area contributed by atoms with Crippen LogP contribution in [-0.2, 0) is 11.3 Å². The number of rotatable bonds is 4. The molecule has 1 unspecified atom stereocenters. The van der Waals surface area contributed by atoms with Crippen molar-refractivity contribution in [3.05, 3.63) is 48.3 Å². The molecule has 0 aliphatic carbocycles. The zero-order valence-electron chi connectivity index (χ0n) is 17.4. The number of aromatic nitrogens is 2. The second-order valence-electron chi connectivity index (χ2n) is 8.05. The van der Waals surface area contributed by atoms with Crippen molar-refractivity contribution in [1.82, 2.24) is 19.8 Å². The van der Waals surface area contributed by atoms with E-state index in [-0.39, 0.29) is 5.91 Å². The summed E-state index contributed by atoms with van der Waals surface area (Å²) >= 11 is 0. The molecule has 4 rings (SSSR count). The predicted molar refractivity (Wildman–Crippen MR) is 115 cm³/mol. The van der Waals surface area contributed by atoms with Crippen molar-refractivity contribution in [2.75, 3.05) is 56.1 Å². The Morgan fingerprint density at radius 3 is 2.45 bits per heavy atom. The molecule has 7 nitrogen and oxygen atoms in total. The van der Waals surface area contributed by atoms with Crippen molar-refractivity contribution < 1.29 is 4.79 Å². The van der Waals surface area contributed by atoms with Crippen molar-refractivity contribution in [1.29, 1.82) is 0 Å². The van der Waals surface area contributed by atoms with Crippen LogP contribution in [0.2, 0.25) is 0 Å². The molecule has 0 spiro atoms. The minimum Gasteiger partial charge on any atom is -0.355 e. The number of nitrogens with zero attached hydrogens (tertiary/aromatic N) is 6. The van der Waals surface area contributed by atoms with Gasteiger partial charge >= 0.3 is 0 Å². The molecule has 1 aromatic heterocycles. The van der Waals surface area contributed by atoms with E-state index in [1.807, 2.05) is 13.1 Å². The minimum absolute atomic E-state index is 0.136. The van der Waals surface area contributed by atoms with Gasteiger partial charge in [0.15, 0.2) is 0 Å². The number of piperazine rings is 1. The van der Waals surface area contributed by atoms with E-state index in [1.54, 1.807) is 11.2 Å². The number of likely N-dealkylation sites (N-methyl/N-ethyl adjacent to an activating group) is 1. The Bertz CT molecular complexity index is 829. The Balaban J connectivity index is 1.43. The highest BCUT2D eigenvalue weighted by molar-refractivity contribution is 5.82. The fourth-order valence-electron chi connectivity index (χ4n) is 4.03. The van der Waals surface area contributed by atoms with Crippen molar-refractivity contribution in [2.24, 2.45) is 0 Å². The van der Waals surface area contributed by atoms with Crippen LogP contribution < -0.4 is 9.80 Å². The first-order valence-electron chi connectivity index (χ1n) is 10.4. The topological polar surface area (TPSA) is 55.8 Å². The number of carbonyl (C=O) groups excluding carboxylic acids is 1. The third kappa shape index (κ3) is 4.67. The molecular weight excluding hydrogens is 364 g/mol. The maximum Gasteiger partial charge on any atom is 0.241 e. The molecule has 1 amide bonds. The standard InChI is InChI=1S/C22H30N6O/c1-18-8-9-26(12-13-27(18)15-19-6-4-3-5-7-19)20-14-21(24-17-23-20)28-11-10-25(2)22(29)16-28/h3-7,14,17-18H,8-13,15-16H2,1-2H3. The highest BCUT2D eigenvalue weighted by Gasteiger charge is 2.25. The Hall–Kier alpha value is -2.67. The highest BCUT2D eigenvalue weighted by atomic mass is 16.2. The lowest BCUT2D eigenvalue weighted by atomic mass is 10.1. The van der Waals surface area contributed by atoms with Crippen LogP contribution in [0.1, 0.15) is 18.9 Å². The first kappa shape index (κ1) is 19.6. The summed E-state index contributed by atoms with van der Waals surface area (Å²) in [6.07, 6.45) is 2.72. The number of anilines is 2. The van der Waals surface area contributed by atoms with Gasteiger partial charge in [-0.2, -0.15) is 0 Å². The number of hydrogen-bond acceptors (Lipinski definition) is 6. The summed E-state index contributed by atoms with van der Waals surface area (Å²) < 4.78 is 0. The largest absolute Gasteiger partial charge is 0.355 e. The number of carbonyl (C=O) groups is 1. The van der Waals surface area contributed by atoms with E-state index in [2.05, 4.69) is 61.9 Å². The van der Waals surface area contributed by atoms with Crippen LogP contribution in [0.3, 0.4) is 0 Å². The first-order chi connectivity index (χ1) is 14.1. The van der Waals surface area contributed by atoms with Gasteiger partial charge in [-0.3, -0.25) is 9.69 Å². The van der Waals surface area contributed by atoms with Crippen molar-refractivity contribution >= 4 is 17.5 Å². The first-order valence-corrected chi connectivity index (χ1v) is 10.4. The summed E-state index contributed by atoms with van der Waals surface area (Å²) in [5.74, 6) is 1.93. The van der Waals surface area contributed by atoms with Crippen LogP contribution in [0.4, 0.5) is 11.6 Å². The Kier molecular flexibility index (Phi) is 5.94. The smallest absolute Gasteiger partial charge is 0.241 e. The molecule has 1 atom stereocenters. The molecular formula is C22H30N6O. The van der Waals surface area contributed by atoms with Crippen LogP contribution >= 0.6 is 0 Å². The van der Waals surface area contributed by atoms with Crippen molar-refractivity contribution in [2.45, 2.75) is 25.9 Å². The normalized spacial score (nSPS) is 21.4. The molecule has 0 saturated carbocycles. The van der Waals surface area contributed by atoms with Crippen LogP contribution in [0.15, 0.2) is 42.7 Å². The molecule has 2 saturated heterocycles. The molecule has 2 aliphatic heterocycles. The van der Waals surface area contributed by atoms with Gasteiger partial charge in [-0.05, 0) is 18.9 Å². The molecule has 2 fully saturated rings. The maximum absolute atomic E-state index is 12.1. The van der Waals surface area contributed by atoms with E-state index in [0.717, 1.165) is 57.3 Å². The van der Waals surface area contributed by atoms with E-state index in [1.165, 1.54) is 5.56 Å². The van der Waals surface area contributed by atoms with Crippen molar-refractivity contribution in [3.8, 4) is 0 Å². The monoisotopic (exact) mass is 394 g/mol. The molecule has 7 heteroatoms. The Morgan fingerprint density at radius 1 is 0.966 bits per heavy atom. The Labute approximate surface area is 172 Å². The molecule has 3 heterocycles. The SMILES string of the molecule is CC1CCN(c2cc(N3CCN(C)C(=O)C3)ncn2)CCN1Cc1ccccc1. The predicted octanol–water partition coefficient (Wildman–Crippen LogP) is 1.86. The fraction of sp³-hybridized carbons (Fsp3) is 0.500. The van der Waals surface area contributed by atoms with Crippen LogP contribution in [0.5, 0.6) is 0 Å². The van der Waals surface area contributed by atoms with Gasteiger partial charge in [0.1, 0.15) is 18.0 Å². The molecule has 0 radical (unpaired) electrons. The number of hydrogen-bond donors (Lipinski definition) is 0. The fourth-order valence-corrected chi connectivity index (χ4v) is 4.03. The van der Waals surface area contributed by atoms with Gasteiger partial charge in [-0.25, -0.2) is 9.97 Å². The van der Waals surface area contributed by atoms with Gasteiger partial charge in [0, 0.05) is 58.4 Å². The quantitative estimate of drug-likeness (QED) is 0.789. The van der Waals surface area contributed by atoms with Crippen LogP contribution in [0, 0.1) is 0 Å². The number of amides is 1. The highest BCUT2D eigenvalue weighted by Crippen LogP contribution is 2.22. The lowest BCUT2D eigenvalue weighted by molar-refractivity contribution is -0.129. The lowest BCUT2D eigenvalue weighted by Gasteiger charge is -2.33. The molecule has 1 aromatic carbocycles. The average molecular weight is 395 g/mol. The van der Waals surface area contributed by atoms with Crippen molar-refractivity contribution in [3.63, 3.8) is 0 Å². The Morgan fingerprint density at radius 2 is 1.69 bits per heavy atom. The van der Waals surface area contributed by atoms with Crippen LogP contribution in [0.25, 0.3) is 0 Å². The van der Waals surface area contributed by atoms with E-state index < -0.39 is 0 Å². The van der Waals surface area contributed by atoms with Gasteiger partial charge in [-0.15, -0.1) is 0 Å². The van der Waals surface area contributed by atoms with Gasteiger partial charge in [0.25, 0.3) is 0 Å². The number of benzene rings is 1. The summed E-state index contributed by atoms with van der Waals surface area (Å²) in [6, 6.07) is 13.2. The van der Waals surface area contributed by atoms with E-state index >= 15 is 0 Å².